The van der Waals surface area contributed by atoms with Gasteiger partial charge in [0.2, 0.25) is 13.8 Å². The van der Waals surface area contributed by atoms with Gasteiger partial charge in [-0.2, -0.15) is 4.72 Å². The topological polar surface area (TPSA) is 98.8 Å². The normalized spacial score (nSPS) is 23.1. The predicted octanol–water partition coefficient (Wildman–Crippen LogP) is 0.689. The number of rotatable bonds is 5. The molecule has 1 aliphatic rings. The Morgan fingerprint density at radius 3 is 2.62 bits per heavy atom. The van der Waals surface area contributed by atoms with Crippen LogP contribution >= 0.6 is 34.8 Å². The van der Waals surface area contributed by atoms with Gasteiger partial charge in [-0.25, -0.2) is 8.42 Å². The first-order chi connectivity index (χ1) is 9.48. The third-order valence-corrected chi connectivity index (χ3v) is 4.40. The number of sulfonamides is 1. The van der Waals surface area contributed by atoms with Gasteiger partial charge in [-0.05, 0) is 12.2 Å². The molecular weight excluding hydrogens is 369 g/mol. The molecule has 1 N–H and O–H groups in total. The minimum absolute atomic E-state index is 0.151. The quantitative estimate of drug-likeness (QED) is 0.556. The summed E-state index contributed by atoms with van der Waals surface area (Å²) in [4.78, 5) is 22.3. The first kappa shape index (κ1) is 18.7. The van der Waals surface area contributed by atoms with Gasteiger partial charge in [-0.15, -0.1) is 0 Å². The van der Waals surface area contributed by atoms with Gasteiger partial charge in [0.1, 0.15) is 18.5 Å². The monoisotopic (exact) mass is 379 g/mol. The number of ether oxygens (including phenoxy) is 2. The summed E-state index contributed by atoms with van der Waals surface area (Å²) in [5, 5.41) is 0. The first-order valence-corrected chi connectivity index (χ1v) is 8.35. The number of nitrogens with one attached hydrogen (secondary N) is 1. The Balaban J connectivity index is 2.68. The van der Waals surface area contributed by atoms with Gasteiger partial charge < -0.3 is 9.47 Å². The van der Waals surface area contributed by atoms with Crippen molar-refractivity contribution in [1.29, 1.82) is 0 Å². The molecule has 0 aliphatic carbocycles. The van der Waals surface area contributed by atoms with Crippen LogP contribution in [0.5, 0.6) is 0 Å². The Kier molecular flexibility index (Phi) is 6.45. The van der Waals surface area contributed by atoms with Gasteiger partial charge >= 0.3 is 5.97 Å². The number of hydrogen-bond donors (Lipinski definition) is 1. The minimum atomic E-state index is -4.06. The lowest BCUT2D eigenvalue weighted by atomic mass is 10.2. The van der Waals surface area contributed by atoms with Gasteiger partial charge in [0.05, 0.1) is 0 Å². The third kappa shape index (κ3) is 7.44. The number of esters is 1. The van der Waals surface area contributed by atoms with E-state index in [-0.39, 0.29) is 6.61 Å². The minimum Gasteiger partial charge on any atom is -0.463 e. The van der Waals surface area contributed by atoms with Crippen molar-refractivity contribution >= 4 is 56.6 Å². The largest absolute Gasteiger partial charge is 0.463 e. The molecule has 0 spiro atoms. The fourth-order valence-corrected chi connectivity index (χ4v) is 3.68. The van der Waals surface area contributed by atoms with E-state index in [0.717, 1.165) is 6.08 Å². The Morgan fingerprint density at radius 1 is 1.48 bits per heavy atom. The number of carbonyl (C=O) groups is 2. The Hall–Kier alpha value is -0.380. The summed E-state index contributed by atoms with van der Waals surface area (Å²) < 4.78 is 33.3. The molecule has 1 rings (SSSR count). The van der Waals surface area contributed by atoms with E-state index >= 15 is 0 Å². The SMILES string of the molecule is CC(=O)OC[C@@H]1C=CC(=O)[C@@H](NS(=O)(=O)CC(Cl)(Cl)Cl)O1. The number of hydrogen-bond acceptors (Lipinski definition) is 6. The average Bonchev–Trinajstić information content (AvgIpc) is 2.26. The van der Waals surface area contributed by atoms with Crippen LogP contribution in [0.4, 0.5) is 0 Å². The van der Waals surface area contributed by atoms with E-state index in [4.69, 9.17) is 44.3 Å². The van der Waals surface area contributed by atoms with E-state index < -0.39 is 43.7 Å². The molecule has 0 saturated heterocycles. The van der Waals surface area contributed by atoms with Crippen molar-refractivity contribution in [3.8, 4) is 0 Å². The average molecular weight is 381 g/mol. The molecule has 7 nitrogen and oxygen atoms in total. The number of carbonyl (C=O) groups excluding carboxylic acids is 2. The van der Waals surface area contributed by atoms with E-state index in [1.807, 2.05) is 4.72 Å². The van der Waals surface area contributed by atoms with E-state index in [1.165, 1.54) is 13.0 Å². The molecule has 11 heteroatoms. The number of halogens is 3. The summed E-state index contributed by atoms with van der Waals surface area (Å²) in [7, 11) is -4.06. The van der Waals surface area contributed by atoms with Crippen LogP contribution in [0.2, 0.25) is 0 Å². The highest BCUT2D eigenvalue weighted by Crippen LogP contribution is 2.27. The zero-order valence-corrected chi connectivity index (χ0v) is 13.8. The summed E-state index contributed by atoms with van der Waals surface area (Å²) in [6, 6.07) is 0. The molecule has 0 fully saturated rings. The van der Waals surface area contributed by atoms with Crippen LogP contribution in [0.3, 0.4) is 0 Å². The van der Waals surface area contributed by atoms with E-state index in [0.29, 0.717) is 0 Å². The van der Waals surface area contributed by atoms with Crippen LogP contribution in [0.25, 0.3) is 0 Å². The summed E-state index contributed by atoms with van der Waals surface area (Å²) in [5.41, 5.74) is 0. The van der Waals surface area contributed by atoms with Crippen LogP contribution in [-0.2, 0) is 29.1 Å². The van der Waals surface area contributed by atoms with Crippen molar-refractivity contribution in [2.45, 2.75) is 23.0 Å². The highest BCUT2D eigenvalue weighted by Gasteiger charge is 2.34. The maximum absolute atomic E-state index is 11.7. The maximum Gasteiger partial charge on any atom is 0.302 e. The molecule has 0 unspecified atom stereocenters. The van der Waals surface area contributed by atoms with Gasteiger partial charge in [0.15, 0.2) is 12.0 Å². The first-order valence-electron chi connectivity index (χ1n) is 5.56. The Bertz CT molecular complexity index is 541. The molecule has 120 valence electrons. The molecule has 1 aliphatic heterocycles. The molecule has 21 heavy (non-hydrogen) atoms. The van der Waals surface area contributed by atoms with Crippen molar-refractivity contribution in [1.82, 2.24) is 4.72 Å². The summed E-state index contributed by atoms with van der Waals surface area (Å²) >= 11 is 16.2. The molecule has 0 saturated carbocycles. The lowest BCUT2D eigenvalue weighted by molar-refractivity contribution is -0.147. The van der Waals surface area contributed by atoms with E-state index in [1.54, 1.807) is 0 Å². The Labute approximate surface area is 136 Å². The highest BCUT2D eigenvalue weighted by molar-refractivity contribution is 7.89. The molecule has 0 radical (unpaired) electrons. The Morgan fingerprint density at radius 2 is 2.10 bits per heavy atom. The van der Waals surface area contributed by atoms with Crippen LogP contribution in [0.15, 0.2) is 12.2 Å². The second-order valence-corrected chi connectivity index (χ2v) is 8.38. The fourth-order valence-electron chi connectivity index (χ4n) is 1.38. The van der Waals surface area contributed by atoms with Crippen LogP contribution < -0.4 is 4.72 Å². The van der Waals surface area contributed by atoms with E-state index in [9.17, 15) is 18.0 Å². The molecule has 1 heterocycles. The van der Waals surface area contributed by atoms with Crippen LogP contribution in [0, 0.1) is 0 Å². The predicted molar refractivity (Wildman–Crippen MR) is 76.7 cm³/mol. The molecular formula is C10H12Cl3NO6S. The number of alkyl halides is 3. The van der Waals surface area contributed by atoms with E-state index in [2.05, 4.69) is 0 Å². The zero-order chi connectivity index (χ0) is 16.3. The lowest BCUT2D eigenvalue weighted by Crippen LogP contribution is -2.48. The molecule has 0 amide bonds. The zero-order valence-electron chi connectivity index (χ0n) is 10.7. The van der Waals surface area contributed by atoms with Crippen molar-refractivity contribution in [2.75, 3.05) is 12.4 Å². The van der Waals surface area contributed by atoms with Gasteiger partial charge in [0, 0.05) is 6.92 Å². The smallest absolute Gasteiger partial charge is 0.302 e. The van der Waals surface area contributed by atoms with Gasteiger partial charge in [-0.1, -0.05) is 34.8 Å². The molecule has 0 aromatic heterocycles. The second kappa shape index (κ2) is 7.26. The summed E-state index contributed by atoms with van der Waals surface area (Å²) in [5.74, 6) is -1.99. The van der Waals surface area contributed by atoms with Crippen LogP contribution in [0.1, 0.15) is 6.92 Å². The van der Waals surface area contributed by atoms with Gasteiger partial charge in [0.25, 0.3) is 0 Å². The van der Waals surface area contributed by atoms with Crippen molar-refractivity contribution in [3.05, 3.63) is 12.2 Å². The fraction of sp³-hybridized carbons (Fsp3) is 0.600. The maximum atomic E-state index is 11.7. The summed E-state index contributed by atoms with van der Waals surface area (Å²) in [6.45, 7) is 1.06. The number of ketones is 1. The van der Waals surface area contributed by atoms with Crippen molar-refractivity contribution in [2.24, 2.45) is 0 Å². The van der Waals surface area contributed by atoms with Crippen molar-refractivity contribution in [3.63, 3.8) is 0 Å². The molecule has 0 bridgehead atoms. The second-order valence-electron chi connectivity index (χ2n) is 4.11. The lowest BCUT2D eigenvalue weighted by Gasteiger charge is -2.25. The molecule has 0 aromatic carbocycles. The van der Waals surface area contributed by atoms with Crippen LogP contribution in [-0.4, -0.2) is 48.7 Å². The van der Waals surface area contributed by atoms with Gasteiger partial charge in [-0.3, -0.25) is 9.59 Å². The third-order valence-electron chi connectivity index (χ3n) is 2.14. The summed E-state index contributed by atoms with van der Waals surface area (Å²) in [6.07, 6.45) is 0.255. The molecule has 0 aromatic rings. The van der Waals surface area contributed by atoms with Crippen molar-refractivity contribution < 1.29 is 27.5 Å². The standard InChI is InChI=1S/C10H12Cl3NO6S/c1-6(15)19-4-7-2-3-8(16)9(20-7)14-21(17,18)5-10(11,12)13/h2-3,7,9,14H,4-5H2,1H3/t7-,9-/m0/s1. The molecule has 2 atom stereocenters. The highest BCUT2D eigenvalue weighted by atomic mass is 35.6.